The van der Waals surface area contributed by atoms with Crippen molar-refractivity contribution in [3.8, 4) is 0 Å². The molecule has 0 spiro atoms. The number of nitrogens with one attached hydrogen (secondary N) is 1. The molecule has 94 valence electrons. The largest absolute Gasteiger partial charge is 0.294 e. The summed E-state index contributed by atoms with van der Waals surface area (Å²) >= 11 is 0. The van der Waals surface area contributed by atoms with Gasteiger partial charge in [-0.15, -0.1) is 0 Å². The summed E-state index contributed by atoms with van der Waals surface area (Å²) in [5.74, 6) is 0.781. The zero-order chi connectivity index (χ0) is 13.1. The summed E-state index contributed by atoms with van der Waals surface area (Å²) in [6, 6.07) is 11.1. The van der Waals surface area contributed by atoms with Gasteiger partial charge in [0.25, 0.3) is 5.91 Å². The highest BCUT2D eigenvalue weighted by molar-refractivity contribution is 6.24. The van der Waals surface area contributed by atoms with E-state index in [2.05, 4.69) is 20.3 Å². The highest BCUT2D eigenvalue weighted by atomic mass is 16.2. The van der Waals surface area contributed by atoms with Crippen molar-refractivity contribution in [3.63, 3.8) is 0 Å². The Bertz CT molecular complexity index is 611. The van der Waals surface area contributed by atoms with Crippen molar-refractivity contribution < 1.29 is 4.79 Å². The molecular weight excluding hydrogens is 242 g/mol. The molecule has 0 atom stereocenters. The van der Waals surface area contributed by atoms with E-state index in [1.54, 1.807) is 18.5 Å². The normalized spacial score (nSPS) is 14.4. The first kappa shape index (κ1) is 11.3. The van der Waals surface area contributed by atoms with E-state index in [-0.39, 0.29) is 12.5 Å². The average molecular weight is 253 g/mol. The molecule has 0 saturated heterocycles. The number of rotatable bonds is 2. The Labute approximate surface area is 109 Å². The van der Waals surface area contributed by atoms with Gasteiger partial charge in [-0.1, -0.05) is 18.2 Å². The number of aromatic nitrogens is 2. The number of nitrogens with zero attached hydrogens (tertiary/aromatic N) is 4. The molecule has 6 heteroatoms. The second-order valence-electron chi connectivity index (χ2n) is 3.90. The van der Waals surface area contributed by atoms with Gasteiger partial charge < -0.3 is 0 Å². The van der Waals surface area contributed by atoms with E-state index in [1.165, 1.54) is 4.90 Å². The lowest BCUT2D eigenvalue weighted by Crippen LogP contribution is -2.37. The van der Waals surface area contributed by atoms with E-state index in [0.29, 0.717) is 11.9 Å². The van der Waals surface area contributed by atoms with Crippen LogP contribution in [0.5, 0.6) is 0 Å². The van der Waals surface area contributed by atoms with Gasteiger partial charge in [0.1, 0.15) is 6.54 Å². The summed E-state index contributed by atoms with van der Waals surface area (Å²) in [4.78, 5) is 25.7. The number of amides is 1. The van der Waals surface area contributed by atoms with E-state index in [1.807, 2.05) is 30.3 Å². The first-order valence-electron chi connectivity index (χ1n) is 5.81. The summed E-state index contributed by atoms with van der Waals surface area (Å²) in [5, 5.41) is 2.95. The molecule has 1 amide bonds. The van der Waals surface area contributed by atoms with E-state index < -0.39 is 0 Å². The number of carbonyl (C=O) groups excluding carboxylic acids is 1. The van der Waals surface area contributed by atoms with Crippen molar-refractivity contribution >= 4 is 23.5 Å². The molecule has 3 rings (SSSR count). The summed E-state index contributed by atoms with van der Waals surface area (Å²) in [6.07, 6.45) is 3.25. The Morgan fingerprint density at radius 1 is 1.05 bits per heavy atom. The Morgan fingerprint density at radius 2 is 1.79 bits per heavy atom. The SMILES string of the molecule is O=C1CN=C(Nc2ncccn2)N1c1ccccc1. The second kappa shape index (κ2) is 4.85. The van der Waals surface area contributed by atoms with E-state index >= 15 is 0 Å². The molecule has 2 aromatic rings. The van der Waals surface area contributed by atoms with Gasteiger partial charge in [-0.2, -0.15) is 0 Å². The van der Waals surface area contributed by atoms with Crippen LogP contribution < -0.4 is 10.2 Å². The number of para-hydroxylation sites is 1. The average Bonchev–Trinajstić information content (AvgIpc) is 2.82. The molecule has 0 fully saturated rings. The molecule has 2 heterocycles. The number of benzene rings is 1. The predicted octanol–water partition coefficient (Wildman–Crippen LogP) is 1.29. The van der Waals surface area contributed by atoms with Crippen LogP contribution in [0, 0.1) is 0 Å². The molecule has 0 bridgehead atoms. The topological polar surface area (TPSA) is 70.5 Å². The molecule has 1 aliphatic rings. The number of anilines is 2. The molecule has 1 N–H and O–H groups in total. The van der Waals surface area contributed by atoms with E-state index in [4.69, 9.17) is 0 Å². The van der Waals surface area contributed by atoms with Gasteiger partial charge in [-0.05, 0) is 18.2 Å². The van der Waals surface area contributed by atoms with Gasteiger partial charge >= 0.3 is 0 Å². The fourth-order valence-corrected chi connectivity index (χ4v) is 1.80. The Morgan fingerprint density at radius 3 is 2.53 bits per heavy atom. The number of hydrogen-bond donors (Lipinski definition) is 1. The first-order valence-corrected chi connectivity index (χ1v) is 5.81. The Kier molecular flexibility index (Phi) is 2.89. The molecule has 1 aromatic carbocycles. The summed E-state index contributed by atoms with van der Waals surface area (Å²) < 4.78 is 0. The van der Waals surface area contributed by atoms with Crippen molar-refractivity contribution in [3.05, 3.63) is 48.8 Å². The van der Waals surface area contributed by atoms with Crippen LogP contribution >= 0.6 is 0 Å². The van der Waals surface area contributed by atoms with Gasteiger partial charge in [0, 0.05) is 12.4 Å². The molecule has 6 nitrogen and oxygen atoms in total. The Balaban J connectivity index is 1.87. The number of hydrogen-bond acceptors (Lipinski definition) is 5. The third-order valence-electron chi connectivity index (χ3n) is 2.63. The standard InChI is InChI=1S/C13H11N5O/c19-11-9-16-13(17-12-14-7-4-8-15-12)18(11)10-5-2-1-3-6-10/h1-8H,9H2,(H,14,15,16,17). The maximum atomic E-state index is 11.9. The zero-order valence-electron chi connectivity index (χ0n) is 10.0. The molecule has 19 heavy (non-hydrogen) atoms. The van der Waals surface area contributed by atoms with Crippen LogP contribution in [0.4, 0.5) is 11.6 Å². The molecule has 1 aromatic heterocycles. The fourth-order valence-electron chi connectivity index (χ4n) is 1.80. The van der Waals surface area contributed by atoms with Gasteiger partial charge in [-0.3, -0.25) is 10.1 Å². The summed E-state index contributed by atoms with van der Waals surface area (Å²) in [5.41, 5.74) is 0.771. The lowest BCUT2D eigenvalue weighted by molar-refractivity contribution is -0.115. The lowest BCUT2D eigenvalue weighted by Gasteiger charge is -2.18. The number of aliphatic imine (C=N–C) groups is 1. The van der Waals surface area contributed by atoms with Gasteiger partial charge in [0.2, 0.25) is 11.9 Å². The van der Waals surface area contributed by atoms with Crippen LogP contribution in [-0.2, 0) is 4.79 Å². The Hall–Kier alpha value is -2.76. The highest BCUT2D eigenvalue weighted by Gasteiger charge is 2.27. The van der Waals surface area contributed by atoms with Crippen molar-refractivity contribution in [1.29, 1.82) is 0 Å². The van der Waals surface area contributed by atoms with Crippen molar-refractivity contribution in [2.24, 2.45) is 4.99 Å². The molecule has 1 aliphatic heterocycles. The number of carbonyl (C=O) groups is 1. The maximum absolute atomic E-state index is 11.9. The third kappa shape index (κ3) is 2.28. The fraction of sp³-hybridized carbons (Fsp3) is 0.0769. The molecule has 0 unspecified atom stereocenters. The van der Waals surface area contributed by atoms with Crippen LogP contribution in [0.25, 0.3) is 0 Å². The third-order valence-corrected chi connectivity index (χ3v) is 2.63. The minimum absolute atomic E-state index is 0.0790. The second-order valence-corrected chi connectivity index (χ2v) is 3.90. The van der Waals surface area contributed by atoms with Gasteiger partial charge in [-0.25, -0.2) is 19.9 Å². The van der Waals surface area contributed by atoms with Crippen molar-refractivity contribution in [2.45, 2.75) is 0 Å². The van der Waals surface area contributed by atoms with Gasteiger partial charge in [0.05, 0.1) is 5.69 Å². The van der Waals surface area contributed by atoms with Crippen LogP contribution in [0.3, 0.4) is 0 Å². The van der Waals surface area contributed by atoms with Gasteiger partial charge in [0.15, 0.2) is 0 Å². The highest BCUT2D eigenvalue weighted by Crippen LogP contribution is 2.18. The molecule has 0 saturated carbocycles. The van der Waals surface area contributed by atoms with Crippen molar-refractivity contribution in [1.82, 2.24) is 9.97 Å². The quantitative estimate of drug-likeness (QED) is 0.875. The molecule has 0 radical (unpaired) electrons. The zero-order valence-corrected chi connectivity index (χ0v) is 10.0. The summed E-state index contributed by atoms with van der Waals surface area (Å²) in [7, 11) is 0. The minimum atomic E-state index is -0.0790. The van der Waals surface area contributed by atoms with Crippen LogP contribution in [0.1, 0.15) is 0 Å². The number of guanidine groups is 1. The van der Waals surface area contributed by atoms with Crippen LogP contribution in [0.15, 0.2) is 53.8 Å². The monoisotopic (exact) mass is 253 g/mol. The lowest BCUT2D eigenvalue weighted by atomic mass is 10.3. The van der Waals surface area contributed by atoms with E-state index in [0.717, 1.165) is 5.69 Å². The smallest absolute Gasteiger partial charge is 0.255 e. The van der Waals surface area contributed by atoms with Crippen LogP contribution in [-0.4, -0.2) is 28.4 Å². The maximum Gasteiger partial charge on any atom is 0.255 e. The van der Waals surface area contributed by atoms with Crippen LogP contribution in [0.2, 0.25) is 0 Å². The molecular formula is C13H11N5O. The van der Waals surface area contributed by atoms with E-state index in [9.17, 15) is 4.79 Å². The minimum Gasteiger partial charge on any atom is -0.294 e. The molecule has 0 aliphatic carbocycles. The predicted molar refractivity (Wildman–Crippen MR) is 71.9 cm³/mol. The summed E-state index contributed by atoms with van der Waals surface area (Å²) in [6.45, 7) is 0.129. The van der Waals surface area contributed by atoms with Crippen molar-refractivity contribution in [2.75, 3.05) is 16.8 Å². The first-order chi connectivity index (χ1) is 9.34.